The first kappa shape index (κ1) is 23.9. The van der Waals surface area contributed by atoms with Gasteiger partial charge < -0.3 is 23.9 Å². The summed E-state index contributed by atoms with van der Waals surface area (Å²) in [6, 6.07) is 17.6. The average molecular weight is 452 g/mol. The van der Waals surface area contributed by atoms with Gasteiger partial charge >= 0.3 is 5.97 Å². The van der Waals surface area contributed by atoms with Crippen molar-refractivity contribution in [2.75, 3.05) is 7.11 Å². The topological polar surface area (TPSA) is 87.0 Å². The molecule has 0 fully saturated rings. The van der Waals surface area contributed by atoms with Crippen LogP contribution >= 0.6 is 0 Å². The van der Waals surface area contributed by atoms with E-state index < -0.39 is 11.9 Å². The number of rotatable bonds is 10. The van der Waals surface area contributed by atoms with Crippen molar-refractivity contribution in [2.24, 2.45) is 0 Å². The monoisotopic (exact) mass is 451 g/mol. The quantitative estimate of drug-likeness (QED) is 0.437. The van der Waals surface area contributed by atoms with Gasteiger partial charge in [0.2, 0.25) is 0 Å². The molecule has 1 N–H and O–H groups in total. The summed E-state index contributed by atoms with van der Waals surface area (Å²) >= 11 is 0. The number of ether oxygens (including phenoxy) is 3. The smallest absolute Gasteiger partial charge is 0.308 e. The van der Waals surface area contributed by atoms with E-state index in [1.165, 1.54) is 0 Å². The van der Waals surface area contributed by atoms with E-state index in [1.54, 1.807) is 45.2 Å². The number of hydrogen-bond acceptors (Lipinski definition) is 6. The fraction of sp³-hybridized carbons (Fsp3) is 0.308. The third kappa shape index (κ3) is 6.87. The second kappa shape index (κ2) is 11.2. The van der Waals surface area contributed by atoms with E-state index in [9.17, 15) is 9.59 Å². The van der Waals surface area contributed by atoms with Crippen molar-refractivity contribution < 1.29 is 28.2 Å². The lowest BCUT2D eigenvalue weighted by atomic mass is 10.0. The maximum absolute atomic E-state index is 12.9. The SMILES string of the molecule is COc1ccccc1OCc1ccc(C(=O)NC(CC(=O)OC(C)C)c2ccc(C)cc2)o1. The molecule has 3 aromatic rings. The Kier molecular flexibility index (Phi) is 8.13. The molecule has 1 heterocycles. The number of para-hydroxylation sites is 2. The molecule has 1 amide bonds. The lowest BCUT2D eigenvalue weighted by Gasteiger charge is -2.19. The summed E-state index contributed by atoms with van der Waals surface area (Å²) in [7, 11) is 1.57. The number of hydrogen-bond donors (Lipinski definition) is 1. The molecule has 3 rings (SSSR count). The van der Waals surface area contributed by atoms with Gasteiger partial charge in [-0.25, -0.2) is 0 Å². The molecule has 0 aliphatic carbocycles. The lowest BCUT2D eigenvalue weighted by molar-refractivity contribution is -0.147. The van der Waals surface area contributed by atoms with Crippen LogP contribution in [0.15, 0.2) is 65.1 Å². The molecule has 7 nitrogen and oxygen atoms in total. The summed E-state index contributed by atoms with van der Waals surface area (Å²) < 4.78 is 22.0. The molecular formula is C26H29NO6. The van der Waals surface area contributed by atoms with Crippen LogP contribution in [0.2, 0.25) is 0 Å². The molecule has 1 atom stereocenters. The van der Waals surface area contributed by atoms with E-state index in [-0.39, 0.29) is 30.9 Å². The molecule has 174 valence electrons. The van der Waals surface area contributed by atoms with Gasteiger partial charge in [-0.15, -0.1) is 0 Å². The van der Waals surface area contributed by atoms with E-state index in [0.717, 1.165) is 11.1 Å². The Morgan fingerprint density at radius 1 is 0.970 bits per heavy atom. The molecule has 0 spiro atoms. The first-order valence-corrected chi connectivity index (χ1v) is 10.8. The van der Waals surface area contributed by atoms with Crippen LogP contribution in [0.1, 0.15) is 53.8 Å². The van der Waals surface area contributed by atoms with Crippen LogP contribution in [-0.2, 0) is 16.1 Å². The highest BCUT2D eigenvalue weighted by atomic mass is 16.5. The highest BCUT2D eigenvalue weighted by Gasteiger charge is 2.22. The van der Waals surface area contributed by atoms with Crippen LogP contribution in [0.3, 0.4) is 0 Å². The second-order valence-electron chi connectivity index (χ2n) is 7.88. The van der Waals surface area contributed by atoms with Gasteiger partial charge in [-0.1, -0.05) is 42.0 Å². The van der Waals surface area contributed by atoms with Gasteiger partial charge in [0.1, 0.15) is 12.4 Å². The zero-order valence-corrected chi connectivity index (χ0v) is 19.3. The van der Waals surface area contributed by atoms with Gasteiger partial charge in [-0.3, -0.25) is 9.59 Å². The predicted molar refractivity (Wildman–Crippen MR) is 123 cm³/mol. The van der Waals surface area contributed by atoms with Crippen LogP contribution in [0.25, 0.3) is 0 Å². The Morgan fingerprint density at radius 3 is 2.33 bits per heavy atom. The van der Waals surface area contributed by atoms with Crippen LogP contribution in [0.4, 0.5) is 0 Å². The zero-order valence-electron chi connectivity index (χ0n) is 19.3. The number of carbonyl (C=O) groups is 2. The Balaban J connectivity index is 1.68. The van der Waals surface area contributed by atoms with Crippen LogP contribution in [0.5, 0.6) is 11.5 Å². The lowest BCUT2D eigenvalue weighted by Crippen LogP contribution is -2.31. The number of nitrogens with one attached hydrogen (secondary N) is 1. The Morgan fingerprint density at radius 2 is 1.67 bits per heavy atom. The molecule has 0 saturated heterocycles. The summed E-state index contributed by atoms with van der Waals surface area (Å²) in [5.41, 5.74) is 1.89. The molecule has 1 aromatic heterocycles. The molecule has 2 aromatic carbocycles. The molecule has 0 bridgehead atoms. The minimum atomic E-state index is -0.553. The second-order valence-corrected chi connectivity index (χ2v) is 7.88. The third-order valence-corrected chi connectivity index (χ3v) is 4.85. The van der Waals surface area contributed by atoms with Crippen molar-refractivity contribution >= 4 is 11.9 Å². The number of esters is 1. The Hall–Kier alpha value is -3.74. The summed E-state index contributed by atoms with van der Waals surface area (Å²) in [6.07, 6.45) is -0.222. The molecule has 0 saturated carbocycles. The van der Waals surface area contributed by atoms with Gasteiger partial charge in [-0.2, -0.15) is 0 Å². The number of amides is 1. The standard InChI is InChI=1S/C26H29NO6/c1-17(2)32-25(28)15-21(19-11-9-18(3)10-12-19)27-26(29)24-14-13-20(33-24)16-31-23-8-6-5-7-22(23)30-4/h5-14,17,21H,15-16H2,1-4H3,(H,27,29). The van der Waals surface area contributed by atoms with Gasteiger partial charge in [0, 0.05) is 0 Å². The Bertz CT molecular complexity index is 1070. The first-order chi connectivity index (χ1) is 15.9. The minimum Gasteiger partial charge on any atom is -0.493 e. The number of methoxy groups -OCH3 is 1. The third-order valence-electron chi connectivity index (χ3n) is 4.85. The summed E-state index contributed by atoms with van der Waals surface area (Å²) in [5, 5.41) is 2.88. The molecule has 0 aliphatic heterocycles. The van der Waals surface area contributed by atoms with E-state index in [1.807, 2.05) is 43.3 Å². The van der Waals surface area contributed by atoms with Crippen molar-refractivity contribution in [1.82, 2.24) is 5.32 Å². The highest BCUT2D eigenvalue weighted by molar-refractivity contribution is 5.92. The van der Waals surface area contributed by atoms with Crippen molar-refractivity contribution in [3.05, 3.63) is 83.3 Å². The Labute approximate surface area is 193 Å². The summed E-state index contributed by atoms with van der Waals surface area (Å²) in [4.78, 5) is 25.1. The van der Waals surface area contributed by atoms with Crippen molar-refractivity contribution in [1.29, 1.82) is 0 Å². The van der Waals surface area contributed by atoms with Crippen molar-refractivity contribution in [2.45, 2.75) is 45.9 Å². The molecule has 1 unspecified atom stereocenters. The van der Waals surface area contributed by atoms with Gasteiger partial charge in [0.15, 0.2) is 17.3 Å². The normalized spacial score (nSPS) is 11.7. The van der Waals surface area contributed by atoms with Gasteiger partial charge in [0.25, 0.3) is 5.91 Å². The molecule has 0 aliphatic rings. The minimum absolute atomic E-state index is 0.0114. The highest BCUT2D eigenvalue weighted by Crippen LogP contribution is 2.27. The average Bonchev–Trinajstić information content (AvgIpc) is 3.26. The largest absolute Gasteiger partial charge is 0.493 e. The summed E-state index contributed by atoms with van der Waals surface area (Å²) in [5.74, 6) is 0.976. The molecule has 7 heteroatoms. The molecular weight excluding hydrogens is 422 g/mol. The van der Waals surface area contributed by atoms with Crippen LogP contribution in [-0.4, -0.2) is 25.1 Å². The molecule has 0 radical (unpaired) electrons. The van der Waals surface area contributed by atoms with Gasteiger partial charge in [0.05, 0.1) is 25.7 Å². The maximum Gasteiger partial charge on any atom is 0.308 e. The maximum atomic E-state index is 12.9. The number of aryl methyl sites for hydroxylation is 1. The molecule has 33 heavy (non-hydrogen) atoms. The first-order valence-electron chi connectivity index (χ1n) is 10.8. The van der Waals surface area contributed by atoms with E-state index >= 15 is 0 Å². The van der Waals surface area contributed by atoms with Crippen LogP contribution in [0, 0.1) is 6.92 Å². The van der Waals surface area contributed by atoms with E-state index in [4.69, 9.17) is 18.6 Å². The van der Waals surface area contributed by atoms with Crippen molar-refractivity contribution in [3.63, 3.8) is 0 Å². The van der Waals surface area contributed by atoms with E-state index in [2.05, 4.69) is 5.32 Å². The summed E-state index contributed by atoms with van der Waals surface area (Å²) in [6.45, 7) is 5.68. The zero-order chi connectivity index (χ0) is 23.8. The fourth-order valence-corrected chi connectivity index (χ4v) is 3.22. The van der Waals surface area contributed by atoms with Gasteiger partial charge in [-0.05, 0) is 50.6 Å². The number of furan rings is 1. The predicted octanol–water partition coefficient (Wildman–Crippen LogP) is 4.99. The van der Waals surface area contributed by atoms with Crippen molar-refractivity contribution in [3.8, 4) is 11.5 Å². The number of benzene rings is 2. The van der Waals surface area contributed by atoms with Crippen LogP contribution < -0.4 is 14.8 Å². The number of carbonyl (C=O) groups excluding carboxylic acids is 2. The van der Waals surface area contributed by atoms with E-state index in [0.29, 0.717) is 17.3 Å². The fourth-order valence-electron chi connectivity index (χ4n) is 3.22.